The van der Waals surface area contributed by atoms with E-state index in [-0.39, 0.29) is 4.75 Å². The first-order chi connectivity index (χ1) is 6.38. The maximum absolute atomic E-state index is 5.64. The van der Waals surface area contributed by atoms with Gasteiger partial charge < -0.3 is 5.73 Å². The van der Waals surface area contributed by atoms with Gasteiger partial charge in [0, 0.05) is 15.3 Å². The van der Waals surface area contributed by atoms with Crippen molar-refractivity contribution in [3.05, 3.63) is 36.4 Å². The van der Waals surface area contributed by atoms with Crippen LogP contribution in [0.1, 0.15) is 26.3 Å². The normalized spacial score (nSPS) is 11.4. The predicted octanol–water partition coefficient (Wildman–Crippen LogP) is 3.51. The van der Waals surface area contributed by atoms with Gasteiger partial charge in [-0.25, -0.2) is 0 Å². The van der Waals surface area contributed by atoms with Gasteiger partial charge in [0.1, 0.15) is 0 Å². The monoisotopic (exact) mass is 207 g/mol. The van der Waals surface area contributed by atoms with E-state index in [2.05, 4.69) is 39.5 Å². The molecule has 0 saturated heterocycles. The summed E-state index contributed by atoms with van der Waals surface area (Å²) in [6, 6.07) is 8.18. The lowest BCUT2D eigenvalue weighted by molar-refractivity contribution is 0.803. The third-order valence-corrected chi connectivity index (χ3v) is 2.73. The molecule has 0 aliphatic heterocycles. The molecule has 0 aromatic heterocycles. The Balaban J connectivity index is 2.89. The van der Waals surface area contributed by atoms with Crippen LogP contribution in [0.4, 0.5) is 0 Å². The molecule has 76 valence electrons. The topological polar surface area (TPSA) is 26.0 Å². The van der Waals surface area contributed by atoms with Crippen molar-refractivity contribution >= 4 is 17.5 Å². The van der Waals surface area contributed by atoms with Gasteiger partial charge >= 0.3 is 0 Å². The molecule has 2 heteroatoms. The molecule has 0 heterocycles. The Morgan fingerprint density at radius 3 is 2.50 bits per heavy atom. The highest BCUT2D eigenvalue weighted by Crippen LogP contribution is 2.32. The molecule has 0 aliphatic rings. The fourth-order valence-corrected chi connectivity index (χ4v) is 2.15. The van der Waals surface area contributed by atoms with Crippen molar-refractivity contribution in [2.75, 3.05) is 0 Å². The fraction of sp³-hybridized carbons (Fsp3) is 0.333. The molecule has 0 amide bonds. The van der Waals surface area contributed by atoms with Gasteiger partial charge in [0.25, 0.3) is 0 Å². The van der Waals surface area contributed by atoms with Gasteiger partial charge in [-0.15, -0.1) is 11.8 Å². The summed E-state index contributed by atoms with van der Waals surface area (Å²) in [5.41, 5.74) is 7.28. The summed E-state index contributed by atoms with van der Waals surface area (Å²) in [4.78, 5) is 1.24. The molecule has 0 atom stereocenters. The summed E-state index contributed by atoms with van der Waals surface area (Å²) in [7, 11) is 0. The zero-order chi connectivity index (χ0) is 10.8. The van der Waals surface area contributed by atoms with Crippen LogP contribution in [0.25, 0.3) is 5.70 Å². The number of hydrogen-bond acceptors (Lipinski definition) is 2. The third-order valence-electron chi connectivity index (χ3n) is 1.63. The Hall–Kier alpha value is -0.890. The first kappa shape index (κ1) is 11.2. The van der Waals surface area contributed by atoms with Crippen molar-refractivity contribution in [3.8, 4) is 0 Å². The molecule has 1 aromatic carbocycles. The number of nitrogens with two attached hydrogens (primary N) is 1. The molecular formula is C12H17NS. The lowest BCUT2D eigenvalue weighted by atomic mass is 10.2. The largest absolute Gasteiger partial charge is 0.399 e. The van der Waals surface area contributed by atoms with E-state index >= 15 is 0 Å². The van der Waals surface area contributed by atoms with Gasteiger partial charge in [-0.2, -0.15) is 0 Å². The van der Waals surface area contributed by atoms with Crippen LogP contribution in [-0.2, 0) is 0 Å². The maximum atomic E-state index is 5.64. The number of benzene rings is 1. The van der Waals surface area contributed by atoms with Crippen molar-refractivity contribution in [1.29, 1.82) is 0 Å². The quantitative estimate of drug-likeness (QED) is 0.751. The molecule has 0 aliphatic carbocycles. The van der Waals surface area contributed by atoms with Gasteiger partial charge in [0.2, 0.25) is 0 Å². The molecule has 0 unspecified atom stereocenters. The van der Waals surface area contributed by atoms with E-state index in [9.17, 15) is 0 Å². The van der Waals surface area contributed by atoms with Crippen molar-refractivity contribution in [1.82, 2.24) is 0 Å². The van der Waals surface area contributed by atoms with Crippen LogP contribution in [0.3, 0.4) is 0 Å². The minimum Gasteiger partial charge on any atom is -0.399 e. The second-order valence-corrected chi connectivity index (χ2v) is 6.17. The molecule has 0 fully saturated rings. The number of hydrogen-bond donors (Lipinski definition) is 1. The van der Waals surface area contributed by atoms with E-state index in [0.717, 1.165) is 5.56 Å². The van der Waals surface area contributed by atoms with Crippen LogP contribution in [0.2, 0.25) is 0 Å². The van der Waals surface area contributed by atoms with E-state index in [0.29, 0.717) is 5.70 Å². The van der Waals surface area contributed by atoms with E-state index < -0.39 is 0 Å². The van der Waals surface area contributed by atoms with Crippen molar-refractivity contribution in [2.45, 2.75) is 30.4 Å². The zero-order valence-electron chi connectivity index (χ0n) is 9.00. The van der Waals surface area contributed by atoms with E-state index in [1.54, 1.807) is 0 Å². The smallest absolute Gasteiger partial charge is 0.0314 e. The van der Waals surface area contributed by atoms with Crippen LogP contribution in [0.15, 0.2) is 35.7 Å². The van der Waals surface area contributed by atoms with Gasteiger partial charge in [-0.3, -0.25) is 0 Å². The fourth-order valence-electron chi connectivity index (χ4n) is 1.11. The minimum atomic E-state index is 0.231. The van der Waals surface area contributed by atoms with Crippen LogP contribution < -0.4 is 5.73 Å². The highest BCUT2D eigenvalue weighted by Gasteiger charge is 2.11. The summed E-state index contributed by atoms with van der Waals surface area (Å²) in [6.07, 6.45) is 0. The Kier molecular flexibility index (Phi) is 3.27. The summed E-state index contributed by atoms with van der Waals surface area (Å²) < 4.78 is 0.231. The molecule has 14 heavy (non-hydrogen) atoms. The molecule has 2 N–H and O–H groups in total. The Labute approximate surface area is 90.4 Å². The first-order valence-corrected chi connectivity index (χ1v) is 5.44. The molecule has 0 radical (unpaired) electrons. The van der Waals surface area contributed by atoms with Gasteiger partial charge in [-0.1, -0.05) is 39.5 Å². The Bertz CT molecular complexity index is 336. The zero-order valence-corrected chi connectivity index (χ0v) is 9.82. The minimum absolute atomic E-state index is 0.231. The molecule has 1 nitrogen and oxygen atoms in total. The van der Waals surface area contributed by atoms with E-state index in [4.69, 9.17) is 5.73 Å². The van der Waals surface area contributed by atoms with Crippen molar-refractivity contribution in [3.63, 3.8) is 0 Å². The van der Waals surface area contributed by atoms with Crippen molar-refractivity contribution in [2.24, 2.45) is 5.73 Å². The summed E-state index contributed by atoms with van der Waals surface area (Å²) in [5.74, 6) is 0. The highest BCUT2D eigenvalue weighted by atomic mass is 32.2. The molecule has 0 spiro atoms. The number of rotatable bonds is 2. The van der Waals surface area contributed by atoms with E-state index in [1.165, 1.54) is 4.90 Å². The second-order valence-electron chi connectivity index (χ2n) is 4.27. The molecule has 1 rings (SSSR count). The van der Waals surface area contributed by atoms with Gasteiger partial charge in [-0.05, 0) is 17.7 Å². The van der Waals surface area contributed by atoms with E-state index in [1.807, 2.05) is 23.9 Å². The van der Waals surface area contributed by atoms with Crippen LogP contribution in [-0.4, -0.2) is 4.75 Å². The summed E-state index contributed by atoms with van der Waals surface area (Å²) in [5, 5.41) is 0. The molecular weight excluding hydrogens is 190 g/mol. The highest BCUT2D eigenvalue weighted by molar-refractivity contribution is 8.00. The van der Waals surface area contributed by atoms with Crippen molar-refractivity contribution < 1.29 is 0 Å². The van der Waals surface area contributed by atoms with Crippen LogP contribution in [0, 0.1) is 0 Å². The molecule has 0 bridgehead atoms. The predicted molar refractivity (Wildman–Crippen MR) is 65.3 cm³/mol. The lowest BCUT2D eigenvalue weighted by Gasteiger charge is -2.17. The third kappa shape index (κ3) is 3.46. The second kappa shape index (κ2) is 4.09. The SMILES string of the molecule is C=C(N)c1cccc(SC(C)(C)C)c1. The maximum Gasteiger partial charge on any atom is 0.0314 e. The summed E-state index contributed by atoms with van der Waals surface area (Å²) >= 11 is 1.84. The van der Waals surface area contributed by atoms with Crippen LogP contribution >= 0.6 is 11.8 Å². The average molecular weight is 207 g/mol. The van der Waals surface area contributed by atoms with Gasteiger partial charge in [0.05, 0.1) is 0 Å². The Morgan fingerprint density at radius 2 is 2.00 bits per heavy atom. The average Bonchev–Trinajstić information content (AvgIpc) is 2.01. The van der Waals surface area contributed by atoms with Crippen LogP contribution in [0.5, 0.6) is 0 Å². The molecule has 1 aromatic rings. The Morgan fingerprint density at radius 1 is 1.36 bits per heavy atom. The lowest BCUT2D eigenvalue weighted by Crippen LogP contribution is -2.06. The molecule has 0 saturated carbocycles. The number of thioether (sulfide) groups is 1. The first-order valence-electron chi connectivity index (χ1n) is 4.62. The standard InChI is InChI=1S/C12H17NS/c1-9(13)10-6-5-7-11(8-10)14-12(2,3)4/h5-8H,1,13H2,2-4H3. The summed E-state index contributed by atoms with van der Waals surface area (Å²) in [6.45, 7) is 10.3. The van der Waals surface area contributed by atoms with Gasteiger partial charge in [0.15, 0.2) is 0 Å².